The SMILES string of the molecule is Cc1c(F)cc(C(=O)c2ccccc2)cc1F. The number of benzene rings is 2. The van der Waals surface area contributed by atoms with Gasteiger partial charge in [0, 0.05) is 16.7 Å². The van der Waals surface area contributed by atoms with E-state index >= 15 is 0 Å². The van der Waals surface area contributed by atoms with Crippen molar-refractivity contribution >= 4 is 5.78 Å². The summed E-state index contributed by atoms with van der Waals surface area (Å²) in [4.78, 5) is 11.9. The minimum absolute atomic E-state index is 0.0248. The largest absolute Gasteiger partial charge is 0.289 e. The maximum Gasteiger partial charge on any atom is 0.193 e. The molecule has 0 amide bonds. The summed E-state index contributed by atoms with van der Waals surface area (Å²) in [5.74, 6) is -1.79. The summed E-state index contributed by atoms with van der Waals surface area (Å²) in [6, 6.07) is 10.5. The average Bonchev–Trinajstić information content (AvgIpc) is 2.35. The first kappa shape index (κ1) is 11.5. The lowest BCUT2D eigenvalue weighted by atomic mass is 10.0. The highest BCUT2D eigenvalue weighted by Gasteiger charge is 2.13. The predicted molar refractivity (Wildman–Crippen MR) is 61.0 cm³/mol. The van der Waals surface area contributed by atoms with Crippen LogP contribution in [0.5, 0.6) is 0 Å². The highest BCUT2D eigenvalue weighted by molar-refractivity contribution is 6.08. The number of ketones is 1. The van der Waals surface area contributed by atoms with Crippen LogP contribution in [-0.4, -0.2) is 5.78 Å². The molecule has 0 saturated heterocycles. The molecule has 0 bridgehead atoms. The van der Waals surface area contributed by atoms with Crippen molar-refractivity contribution in [2.24, 2.45) is 0 Å². The summed E-state index contributed by atoms with van der Waals surface area (Å²) in [7, 11) is 0. The molecule has 2 rings (SSSR count). The molecule has 0 spiro atoms. The highest BCUT2D eigenvalue weighted by Crippen LogP contribution is 2.17. The van der Waals surface area contributed by atoms with Gasteiger partial charge in [-0.1, -0.05) is 30.3 Å². The summed E-state index contributed by atoms with van der Waals surface area (Å²) in [5.41, 5.74) is 0.363. The van der Waals surface area contributed by atoms with Crippen molar-refractivity contribution in [3.05, 3.63) is 70.8 Å². The van der Waals surface area contributed by atoms with E-state index < -0.39 is 11.6 Å². The molecule has 2 aromatic carbocycles. The van der Waals surface area contributed by atoms with E-state index in [1.807, 2.05) is 0 Å². The number of hydrogen-bond donors (Lipinski definition) is 0. The number of halogens is 2. The van der Waals surface area contributed by atoms with Gasteiger partial charge in [-0.05, 0) is 19.1 Å². The summed E-state index contributed by atoms with van der Waals surface area (Å²) in [5, 5.41) is 0. The first-order valence-electron chi connectivity index (χ1n) is 5.15. The number of carbonyl (C=O) groups is 1. The Bertz CT molecular complexity index is 539. The molecule has 0 aromatic heterocycles. The molecule has 0 aliphatic carbocycles. The van der Waals surface area contributed by atoms with Gasteiger partial charge in [0.05, 0.1) is 0 Å². The second-order valence-corrected chi connectivity index (χ2v) is 3.76. The zero-order valence-corrected chi connectivity index (χ0v) is 9.21. The quantitative estimate of drug-likeness (QED) is 0.724. The molecule has 0 saturated carbocycles. The molecule has 86 valence electrons. The summed E-state index contributed by atoms with van der Waals surface area (Å²) < 4.78 is 26.6. The maximum absolute atomic E-state index is 13.3. The summed E-state index contributed by atoms with van der Waals surface area (Å²) >= 11 is 0. The Hall–Kier alpha value is -2.03. The Morgan fingerprint density at radius 1 is 0.941 bits per heavy atom. The van der Waals surface area contributed by atoms with Gasteiger partial charge in [-0.3, -0.25) is 4.79 Å². The van der Waals surface area contributed by atoms with Crippen LogP contribution in [0.4, 0.5) is 8.78 Å². The van der Waals surface area contributed by atoms with Crippen molar-refractivity contribution in [1.29, 1.82) is 0 Å². The normalized spacial score (nSPS) is 10.3. The number of hydrogen-bond acceptors (Lipinski definition) is 1. The van der Waals surface area contributed by atoms with Crippen LogP contribution in [0.15, 0.2) is 42.5 Å². The van der Waals surface area contributed by atoms with E-state index in [1.54, 1.807) is 30.3 Å². The fraction of sp³-hybridized carbons (Fsp3) is 0.0714. The van der Waals surface area contributed by atoms with Gasteiger partial charge in [0.25, 0.3) is 0 Å². The predicted octanol–water partition coefficient (Wildman–Crippen LogP) is 3.50. The van der Waals surface area contributed by atoms with Gasteiger partial charge >= 0.3 is 0 Å². The van der Waals surface area contributed by atoms with Crippen LogP contribution in [0.3, 0.4) is 0 Å². The van der Waals surface area contributed by atoms with E-state index in [0.717, 1.165) is 12.1 Å². The van der Waals surface area contributed by atoms with Crippen LogP contribution >= 0.6 is 0 Å². The molecule has 1 nitrogen and oxygen atoms in total. The van der Waals surface area contributed by atoms with Gasteiger partial charge in [-0.15, -0.1) is 0 Å². The van der Waals surface area contributed by atoms with Crippen molar-refractivity contribution in [2.45, 2.75) is 6.92 Å². The molecule has 0 aliphatic rings. The third kappa shape index (κ3) is 2.23. The van der Waals surface area contributed by atoms with E-state index in [9.17, 15) is 13.6 Å². The minimum atomic E-state index is -0.704. The average molecular weight is 232 g/mol. The second-order valence-electron chi connectivity index (χ2n) is 3.76. The lowest BCUT2D eigenvalue weighted by Gasteiger charge is -2.04. The molecule has 17 heavy (non-hydrogen) atoms. The van der Waals surface area contributed by atoms with Crippen LogP contribution in [0.1, 0.15) is 21.5 Å². The van der Waals surface area contributed by atoms with Gasteiger partial charge in [0.15, 0.2) is 5.78 Å². The van der Waals surface area contributed by atoms with E-state index in [0.29, 0.717) is 5.56 Å². The molecule has 2 aromatic rings. The summed E-state index contributed by atoms with van der Waals surface area (Å²) in [6.07, 6.45) is 0. The van der Waals surface area contributed by atoms with Crippen LogP contribution in [-0.2, 0) is 0 Å². The van der Waals surface area contributed by atoms with Gasteiger partial charge in [0.1, 0.15) is 11.6 Å². The lowest BCUT2D eigenvalue weighted by Crippen LogP contribution is -2.03. The van der Waals surface area contributed by atoms with Crippen molar-refractivity contribution in [3.8, 4) is 0 Å². The molecule has 0 fully saturated rings. The fourth-order valence-corrected chi connectivity index (χ4v) is 1.53. The molecular weight excluding hydrogens is 222 g/mol. The van der Waals surface area contributed by atoms with Crippen LogP contribution in [0.2, 0.25) is 0 Å². The highest BCUT2D eigenvalue weighted by atomic mass is 19.1. The van der Waals surface area contributed by atoms with Crippen molar-refractivity contribution in [1.82, 2.24) is 0 Å². The van der Waals surface area contributed by atoms with Gasteiger partial charge in [-0.2, -0.15) is 0 Å². The van der Waals surface area contributed by atoms with Crippen LogP contribution < -0.4 is 0 Å². The number of carbonyl (C=O) groups excluding carboxylic acids is 1. The Morgan fingerprint density at radius 2 is 1.47 bits per heavy atom. The Labute approximate surface area is 97.7 Å². The van der Waals surface area contributed by atoms with Gasteiger partial charge in [0.2, 0.25) is 0 Å². The standard InChI is InChI=1S/C14H10F2O/c1-9-12(15)7-11(8-13(9)16)14(17)10-5-3-2-4-6-10/h2-8H,1H3. The van der Waals surface area contributed by atoms with E-state index in [4.69, 9.17) is 0 Å². The molecule has 0 unspecified atom stereocenters. The molecule has 0 atom stereocenters. The van der Waals surface area contributed by atoms with Crippen molar-refractivity contribution < 1.29 is 13.6 Å². The Kier molecular flexibility index (Phi) is 3.00. The molecule has 0 N–H and O–H groups in total. The van der Waals surface area contributed by atoms with E-state index in [-0.39, 0.29) is 16.9 Å². The first-order valence-corrected chi connectivity index (χ1v) is 5.15. The van der Waals surface area contributed by atoms with Crippen molar-refractivity contribution in [3.63, 3.8) is 0 Å². The molecule has 0 radical (unpaired) electrons. The monoisotopic (exact) mass is 232 g/mol. The first-order chi connectivity index (χ1) is 8.09. The zero-order valence-electron chi connectivity index (χ0n) is 9.21. The number of rotatable bonds is 2. The molecular formula is C14H10F2O. The summed E-state index contributed by atoms with van der Waals surface area (Å²) in [6.45, 7) is 1.33. The van der Waals surface area contributed by atoms with Crippen LogP contribution in [0, 0.1) is 18.6 Å². The minimum Gasteiger partial charge on any atom is -0.289 e. The maximum atomic E-state index is 13.3. The molecule has 3 heteroatoms. The van der Waals surface area contributed by atoms with E-state index in [2.05, 4.69) is 0 Å². The zero-order chi connectivity index (χ0) is 12.4. The second kappa shape index (κ2) is 4.45. The Balaban J connectivity index is 2.45. The smallest absolute Gasteiger partial charge is 0.193 e. The Morgan fingerprint density at radius 3 is 2.00 bits per heavy atom. The van der Waals surface area contributed by atoms with Gasteiger partial charge < -0.3 is 0 Å². The topological polar surface area (TPSA) is 17.1 Å². The lowest BCUT2D eigenvalue weighted by molar-refractivity contribution is 0.103. The fourth-order valence-electron chi connectivity index (χ4n) is 1.53. The van der Waals surface area contributed by atoms with Crippen molar-refractivity contribution in [2.75, 3.05) is 0 Å². The molecule has 0 heterocycles. The molecule has 0 aliphatic heterocycles. The third-order valence-electron chi connectivity index (χ3n) is 2.58. The third-order valence-corrected chi connectivity index (χ3v) is 2.58. The van der Waals surface area contributed by atoms with Gasteiger partial charge in [-0.25, -0.2) is 8.78 Å². The van der Waals surface area contributed by atoms with E-state index in [1.165, 1.54) is 6.92 Å². The van der Waals surface area contributed by atoms with Crippen LogP contribution in [0.25, 0.3) is 0 Å².